The topological polar surface area (TPSA) is 43.3 Å². The van der Waals surface area contributed by atoms with Gasteiger partial charge in [0.25, 0.3) is 0 Å². The number of ether oxygens (including phenoxy) is 1. The minimum absolute atomic E-state index is 0. The third-order valence-electron chi connectivity index (χ3n) is 4.70. The second kappa shape index (κ2) is 6.78. The Hall–Kier alpha value is -1.89. The van der Waals surface area contributed by atoms with Crippen LogP contribution in [0.5, 0.6) is 5.75 Å². The van der Waals surface area contributed by atoms with E-state index in [9.17, 15) is 4.79 Å². The molecule has 4 rings (SSSR count). The summed E-state index contributed by atoms with van der Waals surface area (Å²) in [6.45, 7) is 6.79. The fourth-order valence-corrected chi connectivity index (χ4v) is 3.42. The van der Waals surface area contributed by atoms with Crippen LogP contribution in [0, 0.1) is 20.8 Å². The van der Waals surface area contributed by atoms with E-state index in [1.54, 1.807) is 6.07 Å². The van der Waals surface area contributed by atoms with Crippen molar-refractivity contribution in [3.8, 4) is 5.75 Å². The number of fused-ring (bicyclic) bond motifs is 2. The summed E-state index contributed by atoms with van der Waals surface area (Å²) in [5.41, 5.74) is 4.63. The Morgan fingerprint density at radius 2 is 1.88 bits per heavy atom. The highest BCUT2D eigenvalue weighted by molar-refractivity contribution is 5.86. The van der Waals surface area contributed by atoms with E-state index < -0.39 is 0 Å². The Labute approximate surface area is 163 Å². The summed E-state index contributed by atoms with van der Waals surface area (Å²) >= 11 is 0. The fourth-order valence-electron chi connectivity index (χ4n) is 3.42. The number of halogens is 1. The fraction of sp³-hybridized carbons (Fsp3) is 0.300. The molecular weight excluding hydrogens is 429 g/mol. The Morgan fingerprint density at radius 1 is 1.16 bits per heavy atom. The van der Waals surface area contributed by atoms with Gasteiger partial charge in [0.2, 0.25) is 0 Å². The number of aryl methyl sites for hydroxylation is 3. The van der Waals surface area contributed by atoms with Crippen LogP contribution in [-0.2, 0) is 13.0 Å². The number of benzene rings is 1. The first-order chi connectivity index (χ1) is 11.5. The predicted molar refractivity (Wildman–Crippen MR) is 91.5 cm³/mol. The molecule has 0 amide bonds. The minimum atomic E-state index is -0.312. The minimum Gasteiger partial charge on any atom is -1.00 e. The maximum atomic E-state index is 11.7. The third kappa shape index (κ3) is 3.29. The lowest BCUT2D eigenvalue weighted by atomic mass is 10.0. The van der Waals surface area contributed by atoms with E-state index in [2.05, 4.69) is 42.1 Å². The summed E-state index contributed by atoms with van der Waals surface area (Å²) in [7, 11) is 0. The summed E-state index contributed by atoms with van der Waals surface area (Å²) in [6, 6.07) is 7.85. The summed E-state index contributed by atoms with van der Waals surface area (Å²) in [4.78, 5) is 11.7. The van der Waals surface area contributed by atoms with E-state index in [4.69, 9.17) is 9.15 Å². The number of nitrogens with zero attached hydrogens (tertiary/aromatic N) is 1. The molecule has 0 bridgehead atoms. The first-order valence-corrected chi connectivity index (χ1v) is 8.20. The van der Waals surface area contributed by atoms with Crippen molar-refractivity contribution in [3.63, 3.8) is 0 Å². The van der Waals surface area contributed by atoms with E-state index in [1.807, 2.05) is 13.8 Å². The second-order valence-electron chi connectivity index (χ2n) is 6.63. The molecular formula is C20H20INO3. The van der Waals surface area contributed by atoms with Gasteiger partial charge in [0.15, 0.2) is 25.0 Å². The molecule has 1 aromatic carbocycles. The van der Waals surface area contributed by atoms with Gasteiger partial charge in [-0.05, 0) is 43.5 Å². The number of aromatic nitrogens is 1. The van der Waals surface area contributed by atoms with Gasteiger partial charge in [-0.15, -0.1) is 0 Å². The van der Waals surface area contributed by atoms with Gasteiger partial charge in [-0.3, -0.25) is 0 Å². The Bertz CT molecular complexity index is 992. The van der Waals surface area contributed by atoms with Crippen molar-refractivity contribution >= 4 is 11.0 Å². The molecule has 2 aromatic heterocycles. The summed E-state index contributed by atoms with van der Waals surface area (Å²) in [5, 5.41) is 0.998. The second-order valence-corrected chi connectivity index (χ2v) is 6.63. The van der Waals surface area contributed by atoms with Crippen molar-refractivity contribution in [3.05, 3.63) is 69.3 Å². The van der Waals surface area contributed by atoms with Crippen LogP contribution in [0.3, 0.4) is 0 Å². The molecule has 4 nitrogen and oxygen atoms in total. The van der Waals surface area contributed by atoms with Gasteiger partial charge in [0, 0.05) is 35.6 Å². The zero-order valence-electron chi connectivity index (χ0n) is 14.5. The van der Waals surface area contributed by atoms with Crippen LogP contribution in [0.1, 0.15) is 22.3 Å². The van der Waals surface area contributed by atoms with Crippen LogP contribution in [0.2, 0.25) is 0 Å². The van der Waals surface area contributed by atoms with Crippen LogP contribution >= 0.6 is 0 Å². The Morgan fingerprint density at radius 3 is 2.60 bits per heavy atom. The average Bonchev–Trinajstić information content (AvgIpc) is 2.94. The van der Waals surface area contributed by atoms with Crippen LogP contribution < -0.4 is 38.9 Å². The smallest absolute Gasteiger partial charge is 0.336 e. The molecule has 1 aliphatic rings. The quantitative estimate of drug-likeness (QED) is 0.315. The molecule has 0 N–H and O–H groups in total. The average molecular weight is 449 g/mol. The maximum absolute atomic E-state index is 11.7. The lowest BCUT2D eigenvalue weighted by Crippen LogP contribution is -3.00. The van der Waals surface area contributed by atoms with Crippen molar-refractivity contribution < 1.29 is 37.7 Å². The molecule has 0 saturated carbocycles. The van der Waals surface area contributed by atoms with E-state index in [0.717, 1.165) is 35.2 Å². The Kier molecular flexibility index (Phi) is 4.86. The SMILES string of the molecule is Cc1cc[n+](CC2Cc3cc4c(C)cc(=O)oc4c(C)c3O2)cc1.[I-]. The monoisotopic (exact) mass is 449 g/mol. The normalized spacial score (nSPS) is 15.6. The molecule has 0 radical (unpaired) electrons. The molecule has 0 fully saturated rings. The van der Waals surface area contributed by atoms with E-state index >= 15 is 0 Å². The molecule has 25 heavy (non-hydrogen) atoms. The van der Waals surface area contributed by atoms with Gasteiger partial charge in [-0.1, -0.05) is 0 Å². The van der Waals surface area contributed by atoms with Crippen molar-refractivity contribution in [1.82, 2.24) is 0 Å². The number of hydrogen-bond donors (Lipinski definition) is 0. The van der Waals surface area contributed by atoms with Gasteiger partial charge < -0.3 is 33.1 Å². The van der Waals surface area contributed by atoms with Crippen molar-refractivity contribution in [1.29, 1.82) is 0 Å². The van der Waals surface area contributed by atoms with Gasteiger partial charge in [0.05, 0.1) is 0 Å². The lowest BCUT2D eigenvalue weighted by Gasteiger charge is -2.10. The molecule has 3 aromatic rings. The summed E-state index contributed by atoms with van der Waals surface area (Å²) < 4.78 is 13.7. The zero-order chi connectivity index (χ0) is 16.8. The molecule has 3 heterocycles. The van der Waals surface area contributed by atoms with Crippen LogP contribution in [0.4, 0.5) is 0 Å². The third-order valence-corrected chi connectivity index (χ3v) is 4.70. The molecule has 1 aliphatic heterocycles. The van der Waals surface area contributed by atoms with Gasteiger partial charge >= 0.3 is 5.63 Å². The number of pyridine rings is 1. The first kappa shape index (κ1) is 17.9. The van der Waals surface area contributed by atoms with Crippen LogP contribution in [-0.4, -0.2) is 6.10 Å². The molecule has 1 atom stereocenters. The molecule has 130 valence electrons. The molecule has 5 heteroatoms. The van der Waals surface area contributed by atoms with E-state index in [0.29, 0.717) is 5.58 Å². The zero-order valence-corrected chi connectivity index (χ0v) is 16.7. The highest BCUT2D eigenvalue weighted by Gasteiger charge is 2.29. The highest BCUT2D eigenvalue weighted by atomic mass is 127. The van der Waals surface area contributed by atoms with Crippen molar-refractivity contribution in [2.75, 3.05) is 0 Å². The van der Waals surface area contributed by atoms with Gasteiger partial charge in [-0.2, -0.15) is 0 Å². The molecule has 0 spiro atoms. The van der Waals surface area contributed by atoms with E-state index in [-0.39, 0.29) is 35.7 Å². The van der Waals surface area contributed by atoms with E-state index in [1.165, 1.54) is 11.1 Å². The lowest BCUT2D eigenvalue weighted by molar-refractivity contribution is -0.702. The van der Waals surface area contributed by atoms with Crippen molar-refractivity contribution in [2.24, 2.45) is 0 Å². The predicted octanol–water partition coefficient (Wildman–Crippen LogP) is 0.0135. The van der Waals surface area contributed by atoms with Crippen molar-refractivity contribution in [2.45, 2.75) is 39.8 Å². The summed E-state index contributed by atoms with van der Waals surface area (Å²) in [5.74, 6) is 0.869. The molecule has 1 unspecified atom stereocenters. The van der Waals surface area contributed by atoms with Gasteiger partial charge in [-0.25, -0.2) is 9.36 Å². The first-order valence-electron chi connectivity index (χ1n) is 8.20. The highest BCUT2D eigenvalue weighted by Crippen LogP contribution is 2.37. The Balaban J connectivity index is 0.00000182. The number of rotatable bonds is 2. The van der Waals surface area contributed by atoms with Gasteiger partial charge in [0.1, 0.15) is 11.3 Å². The van der Waals surface area contributed by atoms with Crippen LogP contribution in [0.15, 0.2) is 45.9 Å². The molecule has 0 saturated heterocycles. The maximum Gasteiger partial charge on any atom is 0.336 e. The van der Waals surface area contributed by atoms with Crippen LogP contribution in [0.25, 0.3) is 11.0 Å². The standard InChI is InChI=1S/C20H20NO3.HI/c1-12-4-6-21(7-5-12)11-16-9-15-10-17-13(2)8-18(22)24-20(17)14(3)19(15)23-16;/h4-8,10,16H,9,11H2,1-3H3;1H/q+1;/p-1. The summed E-state index contributed by atoms with van der Waals surface area (Å²) in [6.07, 6.45) is 5.11. The largest absolute Gasteiger partial charge is 1.00 e. The molecule has 0 aliphatic carbocycles. The number of hydrogen-bond acceptors (Lipinski definition) is 3.